The number of hydrogen-bond donors (Lipinski definition) is 1. The quantitative estimate of drug-likeness (QED) is 0.710. The molecule has 0 aliphatic carbocycles. The number of hydrogen-bond acceptors (Lipinski definition) is 5. The van der Waals surface area contributed by atoms with Gasteiger partial charge in [0, 0.05) is 17.0 Å². The molecule has 6 nitrogen and oxygen atoms in total. The van der Waals surface area contributed by atoms with Gasteiger partial charge in [0.25, 0.3) is 5.91 Å². The van der Waals surface area contributed by atoms with Gasteiger partial charge in [0.2, 0.25) is 0 Å². The molecule has 1 heterocycles. The molecule has 0 spiro atoms. The van der Waals surface area contributed by atoms with E-state index in [4.69, 9.17) is 5.73 Å². The fourth-order valence-corrected chi connectivity index (χ4v) is 1.63. The van der Waals surface area contributed by atoms with E-state index < -0.39 is 5.97 Å². The number of aromatic carboxylic acids is 1. The third kappa shape index (κ3) is 2.10. The summed E-state index contributed by atoms with van der Waals surface area (Å²) in [6.07, 6.45) is 0.232. The largest absolute Gasteiger partial charge is 0.545 e. The first kappa shape index (κ1) is 11.1. The van der Waals surface area contributed by atoms with Crippen LogP contribution in [0.25, 0.3) is 0 Å². The Labute approximate surface area is 97.3 Å². The van der Waals surface area contributed by atoms with Gasteiger partial charge in [0.15, 0.2) is 0 Å². The molecule has 0 saturated carbocycles. The minimum absolute atomic E-state index is 0.0763. The Morgan fingerprint density at radius 3 is 2.71 bits per heavy atom. The number of hydrazone groups is 1. The predicted octanol–water partition coefficient (Wildman–Crippen LogP) is -0.255. The summed E-state index contributed by atoms with van der Waals surface area (Å²) in [5.41, 5.74) is 6.75. The van der Waals surface area contributed by atoms with Crippen LogP contribution in [0.15, 0.2) is 23.3 Å². The first-order chi connectivity index (χ1) is 7.97. The molecule has 1 aliphatic rings. The summed E-state index contributed by atoms with van der Waals surface area (Å²) >= 11 is 0. The maximum Gasteiger partial charge on any atom is 0.253 e. The number of anilines is 2. The lowest BCUT2D eigenvalue weighted by Gasteiger charge is -2.14. The number of nitrogens with two attached hydrogens (primary N) is 1. The molecule has 1 amide bonds. The molecule has 0 fully saturated rings. The molecule has 0 radical (unpaired) electrons. The molecule has 0 bridgehead atoms. The zero-order chi connectivity index (χ0) is 12.6. The fourth-order valence-electron chi connectivity index (χ4n) is 1.63. The smallest absolute Gasteiger partial charge is 0.253 e. The van der Waals surface area contributed by atoms with Crippen LogP contribution in [0.2, 0.25) is 0 Å². The third-order valence-electron chi connectivity index (χ3n) is 2.33. The second kappa shape index (κ2) is 3.89. The molecule has 1 aromatic rings. The molecule has 1 aliphatic heterocycles. The molecular weight excluding hydrogens is 222 g/mol. The van der Waals surface area contributed by atoms with Crippen LogP contribution in [0.3, 0.4) is 0 Å². The van der Waals surface area contributed by atoms with Gasteiger partial charge in [-0.05, 0) is 25.1 Å². The number of carboxylic acids is 1. The van der Waals surface area contributed by atoms with Crippen molar-refractivity contribution in [1.29, 1.82) is 0 Å². The van der Waals surface area contributed by atoms with Gasteiger partial charge in [-0.2, -0.15) is 5.10 Å². The van der Waals surface area contributed by atoms with Gasteiger partial charge in [-0.3, -0.25) is 4.79 Å². The van der Waals surface area contributed by atoms with Crippen LogP contribution in [0.4, 0.5) is 11.4 Å². The van der Waals surface area contributed by atoms with E-state index in [1.165, 1.54) is 18.2 Å². The average Bonchev–Trinajstić information content (AvgIpc) is 2.57. The van der Waals surface area contributed by atoms with E-state index in [1.54, 1.807) is 6.92 Å². The maximum absolute atomic E-state index is 11.6. The van der Waals surface area contributed by atoms with Crippen molar-refractivity contribution in [1.82, 2.24) is 0 Å². The maximum atomic E-state index is 11.6. The third-order valence-corrected chi connectivity index (χ3v) is 2.33. The molecule has 6 heteroatoms. The Kier molecular flexibility index (Phi) is 2.55. The number of nitrogens with zero attached hydrogens (tertiary/aromatic N) is 2. The first-order valence-corrected chi connectivity index (χ1v) is 4.96. The second-order valence-electron chi connectivity index (χ2n) is 3.82. The lowest BCUT2D eigenvalue weighted by Crippen LogP contribution is -2.24. The summed E-state index contributed by atoms with van der Waals surface area (Å²) in [4.78, 5) is 22.3. The van der Waals surface area contributed by atoms with Gasteiger partial charge in [-0.15, -0.1) is 0 Å². The lowest BCUT2D eigenvalue weighted by molar-refractivity contribution is -0.255. The van der Waals surface area contributed by atoms with Crippen LogP contribution in [0.5, 0.6) is 0 Å². The summed E-state index contributed by atoms with van der Waals surface area (Å²) in [5, 5.41) is 15.9. The molecule has 0 aromatic heterocycles. The summed E-state index contributed by atoms with van der Waals surface area (Å²) in [5.74, 6) is -1.55. The highest BCUT2D eigenvalue weighted by atomic mass is 16.4. The van der Waals surface area contributed by atoms with Crippen molar-refractivity contribution in [2.24, 2.45) is 5.10 Å². The van der Waals surface area contributed by atoms with Crippen molar-refractivity contribution >= 4 is 29.0 Å². The van der Waals surface area contributed by atoms with Crippen molar-refractivity contribution < 1.29 is 14.7 Å². The minimum Gasteiger partial charge on any atom is -0.545 e. The molecule has 2 N–H and O–H groups in total. The Hall–Kier alpha value is -2.37. The molecule has 1 aromatic carbocycles. The first-order valence-electron chi connectivity index (χ1n) is 4.96. The number of benzene rings is 1. The molecule has 17 heavy (non-hydrogen) atoms. The zero-order valence-electron chi connectivity index (χ0n) is 9.14. The SMILES string of the molecule is CC1=NN(c2cc(N)cc(C(=O)[O-])c2)C(=O)C1. The zero-order valence-corrected chi connectivity index (χ0v) is 9.14. The van der Waals surface area contributed by atoms with Crippen molar-refractivity contribution in [2.75, 3.05) is 10.7 Å². The van der Waals surface area contributed by atoms with Crippen molar-refractivity contribution in [3.63, 3.8) is 0 Å². The van der Waals surface area contributed by atoms with Crippen LogP contribution in [-0.2, 0) is 4.79 Å². The lowest BCUT2D eigenvalue weighted by atomic mass is 10.1. The molecule has 0 saturated heterocycles. The minimum atomic E-state index is -1.34. The van der Waals surface area contributed by atoms with E-state index in [9.17, 15) is 14.7 Å². The van der Waals surface area contributed by atoms with Gasteiger partial charge in [0.1, 0.15) is 0 Å². The van der Waals surface area contributed by atoms with Gasteiger partial charge in [-0.25, -0.2) is 5.01 Å². The molecule has 88 valence electrons. The topological polar surface area (TPSA) is 98.8 Å². The molecule has 2 rings (SSSR count). The van der Waals surface area contributed by atoms with Gasteiger partial charge < -0.3 is 15.6 Å². The average molecular weight is 232 g/mol. The predicted molar refractivity (Wildman–Crippen MR) is 60.4 cm³/mol. The van der Waals surface area contributed by atoms with Crippen molar-refractivity contribution in [2.45, 2.75) is 13.3 Å². The molecule has 0 unspecified atom stereocenters. The Bertz CT molecular complexity index is 537. The molecular formula is C11H10N3O3-. The highest BCUT2D eigenvalue weighted by Crippen LogP contribution is 2.24. The Morgan fingerprint density at radius 2 is 2.18 bits per heavy atom. The fraction of sp³-hybridized carbons (Fsp3) is 0.182. The van der Waals surface area contributed by atoms with Gasteiger partial charge in [-0.1, -0.05) is 0 Å². The number of rotatable bonds is 2. The summed E-state index contributed by atoms with van der Waals surface area (Å²) < 4.78 is 0. The van der Waals surface area contributed by atoms with E-state index >= 15 is 0 Å². The van der Waals surface area contributed by atoms with Crippen LogP contribution in [0, 0.1) is 0 Å². The Balaban J connectivity index is 2.46. The van der Waals surface area contributed by atoms with Crippen molar-refractivity contribution in [3.8, 4) is 0 Å². The van der Waals surface area contributed by atoms with E-state index in [2.05, 4.69) is 5.10 Å². The summed E-state index contributed by atoms with van der Waals surface area (Å²) in [7, 11) is 0. The standard InChI is InChI=1S/C11H11N3O3/c1-6-2-10(15)14(13-6)9-4-7(11(16)17)3-8(12)5-9/h3-5H,2,12H2,1H3,(H,16,17)/p-1. The molecule has 0 atom stereocenters. The van der Waals surface area contributed by atoms with Gasteiger partial charge in [0.05, 0.1) is 18.1 Å². The summed E-state index contributed by atoms with van der Waals surface area (Å²) in [6.45, 7) is 1.73. The monoisotopic (exact) mass is 232 g/mol. The van der Waals surface area contributed by atoms with Crippen molar-refractivity contribution in [3.05, 3.63) is 23.8 Å². The number of nitrogen functional groups attached to an aromatic ring is 1. The van der Waals surface area contributed by atoms with Crippen LogP contribution >= 0.6 is 0 Å². The van der Waals surface area contributed by atoms with E-state index in [-0.39, 0.29) is 23.6 Å². The number of carbonyl (C=O) groups is 2. The number of carbonyl (C=O) groups excluding carboxylic acids is 2. The highest BCUT2D eigenvalue weighted by Gasteiger charge is 2.23. The van der Waals surface area contributed by atoms with Crippen LogP contribution < -0.4 is 15.8 Å². The van der Waals surface area contributed by atoms with Crippen LogP contribution in [-0.4, -0.2) is 17.6 Å². The normalized spacial score (nSPS) is 15.0. The van der Waals surface area contributed by atoms with E-state index in [1.807, 2.05) is 0 Å². The number of amides is 1. The summed E-state index contributed by atoms with van der Waals surface area (Å²) in [6, 6.07) is 4.08. The van der Waals surface area contributed by atoms with E-state index in [0.717, 1.165) is 5.01 Å². The highest BCUT2D eigenvalue weighted by molar-refractivity contribution is 6.12. The van der Waals surface area contributed by atoms with Crippen LogP contribution in [0.1, 0.15) is 23.7 Å². The Morgan fingerprint density at radius 1 is 1.47 bits per heavy atom. The second-order valence-corrected chi connectivity index (χ2v) is 3.82. The number of carboxylic acid groups (broad SMARTS) is 1. The van der Waals surface area contributed by atoms with E-state index in [0.29, 0.717) is 11.4 Å². The van der Waals surface area contributed by atoms with Gasteiger partial charge >= 0.3 is 0 Å².